The number of thioether (sulfide) groups is 1. The van der Waals surface area contributed by atoms with Gasteiger partial charge in [-0.05, 0) is 29.5 Å². The molecule has 15 heavy (non-hydrogen) atoms. The molecule has 0 aliphatic carbocycles. The van der Waals surface area contributed by atoms with Gasteiger partial charge in [-0.3, -0.25) is 4.79 Å². The zero-order valence-corrected chi connectivity index (χ0v) is 9.40. The molecule has 0 bridgehead atoms. The van der Waals surface area contributed by atoms with E-state index < -0.39 is 0 Å². The largest absolute Gasteiger partial charge is 0.508 e. The zero-order chi connectivity index (χ0) is 10.8. The molecule has 1 fully saturated rings. The second kappa shape index (κ2) is 4.20. The zero-order valence-electron chi connectivity index (χ0n) is 7.77. The van der Waals surface area contributed by atoms with Crippen LogP contribution in [0.2, 0.25) is 0 Å². The number of aromatic hydroxyl groups is 1. The summed E-state index contributed by atoms with van der Waals surface area (Å²) in [5.74, 6) is 0.231. The molecule has 1 heterocycles. The van der Waals surface area contributed by atoms with E-state index in [0.717, 1.165) is 17.3 Å². The van der Waals surface area contributed by atoms with Crippen LogP contribution in [0.25, 0.3) is 0 Å². The highest BCUT2D eigenvalue weighted by molar-refractivity contribution is 8.33. The van der Waals surface area contributed by atoms with E-state index in [9.17, 15) is 4.79 Å². The number of thiocarbonyl (C=S) groups is 1. The van der Waals surface area contributed by atoms with Gasteiger partial charge in [-0.2, -0.15) is 0 Å². The number of benzene rings is 1. The van der Waals surface area contributed by atoms with Gasteiger partial charge in [-0.25, -0.2) is 0 Å². The standard InChI is InChI=1S/C10H9NO2S2/c12-7-3-1-6(2-4-7)5-8-9(13)15-10(14)11-8/h1-4,8,12H,5H2,(H,11,14). The first-order chi connectivity index (χ1) is 7.15. The average Bonchev–Trinajstić information content (AvgIpc) is 2.49. The fourth-order valence-corrected chi connectivity index (χ4v) is 2.45. The van der Waals surface area contributed by atoms with Crippen LogP contribution in [0.1, 0.15) is 5.56 Å². The molecule has 1 aliphatic rings. The van der Waals surface area contributed by atoms with Crippen molar-refractivity contribution in [2.24, 2.45) is 0 Å². The summed E-state index contributed by atoms with van der Waals surface area (Å²) in [4.78, 5) is 11.4. The van der Waals surface area contributed by atoms with Crippen LogP contribution in [0.4, 0.5) is 0 Å². The van der Waals surface area contributed by atoms with Gasteiger partial charge in [-0.1, -0.05) is 24.4 Å². The summed E-state index contributed by atoms with van der Waals surface area (Å²) in [6.07, 6.45) is 0.603. The third-order valence-electron chi connectivity index (χ3n) is 2.15. The van der Waals surface area contributed by atoms with Crippen molar-refractivity contribution >= 4 is 33.4 Å². The number of carbonyl (C=O) groups excluding carboxylic acids is 1. The van der Waals surface area contributed by atoms with E-state index in [1.165, 1.54) is 0 Å². The van der Waals surface area contributed by atoms with Gasteiger partial charge >= 0.3 is 0 Å². The molecular weight excluding hydrogens is 230 g/mol. The van der Waals surface area contributed by atoms with Crippen molar-refractivity contribution in [3.63, 3.8) is 0 Å². The van der Waals surface area contributed by atoms with Crippen LogP contribution in [0, 0.1) is 0 Å². The predicted octanol–water partition coefficient (Wildman–Crippen LogP) is 1.45. The number of phenolic OH excluding ortho intramolecular Hbond substituents is 1. The van der Waals surface area contributed by atoms with Crippen molar-refractivity contribution in [2.45, 2.75) is 12.5 Å². The Bertz CT molecular complexity index is 402. The van der Waals surface area contributed by atoms with Gasteiger partial charge in [0.25, 0.3) is 0 Å². The summed E-state index contributed by atoms with van der Waals surface area (Å²) in [5.41, 5.74) is 1.00. The highest BCUT2D eigenvalue weighted by atomic mass is 32.2. The van der Waals surface area contributed by atoms with Gasteiger partial charge in [-0.15, -0.1) is 0 Å². The molecule has 1 aromatic carbocycles. The molecule has 0 saturated carbocycles. The fourth-order valence-electron chi connectivity index (χ4n) is 1.40. The molecule has 2 rings (SSSR count). The third-order valence-corrected chi connectivity index (χ3v) is 3.30. The molecule has 5 heteroatoms. The van der Waals surface area contributed by atoms with Gasteiger partial charge in [0.05, 0.1) is 0 Å². The molecule has 0 aromatic heterocycles. The normalized spacial score (nSPS) is 20.4. The van der Waals surface area contributed by atoms with Crippen molar-refractivity contribution in [1.82, 2.24) is 5.32 Å². The fraction of sp³-hybridized carbons (Fsp3) is 0.200. The molecule has 3 nitrogen and oxygen atoms in total. The molecule has 1 atom stereocenters. The molecule has 1 unspecified atom stereocenters. The maximum Gasteiger partial charge on any atom is 0.218 e. The summed E-state index contributed by atoms with van der Waals surface area (Å²) < 4.78 is 0.545. The van der Waals surface area contributed by atoms with Gasteiger partial charge < -0.3 is 10.4 Å². The highest BCUT2D eigenvalue weighted by Gasteiger charge is 2.28. The first-order valence-electron chi connectivity index (χ1n) is 4.45. The lowest BCUT2D eigenvalue weighted by atomic mass is 10.1. The van der Waals surface area contributed by atoms with Gasteiger partial charge in [0.1, 0.15) is 16.1 Å². The van der Waals surface area contributed by atoms with Gasteiger partial charge in [0.15, 0.2) is 0 Å². The summed E-state index contributed by atoms with van der Waals surface area (Å²) in [7, 11) is 0. The van der Waals surface area contributed by atoms with Crippen molar-refractivity contribution in [3.8, 4) is 5.75 Å². The maximum absolute atomic E-state index is 11.4. The molecule has 0 amide bonds. The van der Waals surface area contributed by atoms with Crippen LogP contribution < -0.4 is 5.32 Å². The summed E-state index contributed by atoms with van der Waals surface area (Å²) in [5, 5.41) is 12.1. The number of phenols is 1. The van der Waals surface area contributed by atoms with E-state index in [2.05, 4.69) is 5.32 Å². The van der Waals surface area contributed by atoms with E-state index in [1.807, 2.05) is 0 Å². The number of hydrogen-bond donors (Lipinski definition) is 2. The lowest BCUT2D eigenvalue weighted by Gasteiger charge is -2.07. The lowest BCUT2D eigenvalue weighted by Crippen LogP contribution is -2.30. The Balaban J connectivity index is 2.06. The molecule has 1 saturated heterocycles. The molecule has 1 aliphatic heterocycles. The van der Waals surface area contributed by atoms with Crippen LogP contribution in [-0.2, 0) is 11.2 Å². The Hall–Kier alpha value is -1.07. The van der Waals surface area contributed by atoms with Crippen molar-refractivity contribution in [1.29, 1.82) is 0 Å². The van der Waals surface area contributed by atoms with Crippen molar-refractivity contribution in [2.75, 3.05) is 0 Å². The monoisotopic (exact) mass is 239 g/mol. The lowest BCUT2D eigenvalue weighted by molar-refractivity contribution is -0.112. The minimum absolute atomic E-state index is 0.0630. The Morgan fingerprint density at radius 1 is 1.40 bits per heavy atom. The third kappa shape index (κ3) is 2.49. The number of nitrogens with one attached hydrogen (secondary N) is 1. The Morgan fingerprint density at radius 3 is 2.60 bits per heavy atom. The Kier molecular flexibility index (Phi) is 2.93. The molecule has 0 radical (unpaired) electrons. The number of hydrogen-bond acceptors (Lipinski definition) is 4. The molecule has 1 aromatic rings. The van der Waals surface area contributed by atoms with Crippen LogP contribution in [0.15, 0.2) is 24.3 Å². The van der Waals surface area contributed by atoms with E-state index >= 15 is 0 Å². The first kappa shape index (κ1) is 10.4. The summed E-state index contributed by atoms with van der Waals surface area (Å²) in [6, 6.07) is 6.60. The van der Waals surface area contributed by atoms with Gasteiger partial charge in [0.2, 0.25) is 5.12 Å². The molecule has 2 N–H and O–H groups in total. The molecule has 0 spiro atoms. The Morgan fingerprint density at radius 2 is 2.07 bits per heavy atom. The minimum Gasteiger partial charge on any atom is -0.508 e. The number of rotatable bonds is 2. The maximum atomic E-state index is 11.4. The average molecular weight is 239 g/mol. The van der Waals surface area contributed by atoms with Crippen LogP contribution in [-0.4, -0.2) is 20.6 Å². The topological polar surface area (TPSA) is 49.3 Å². The van der Waals surface area contributed by atoms with E-state index in [4.69, 9.17) is 17.3 Å². The van der Waals surface area contributed by atoms with Crippen LogP contribution >= 0.6 is 24.0 Å². The smallest absolute Gasteiger partial charge is 0.218 e. The highest BCUT2D eigenvalue weighted by Crippen LogP contribution is 2.20. The van der Waals surface area contributed by atoms with Crippen molar-refractivity contribution in [3.05, 3.63) is 29.8 Å². The summed E-state index contributed by atoms with van der Waals surface area (Å²) >= 11 is 5.98. The number of carbonyl (C=O) groups is 1. The quantitative estimate of drug-likeness (QED) is 0.765. The van der Waals surface area contributed by atoms with Crippen LogP contribution in [0.3, 0.4) is 0 Å². The van der Waals surface area contributed by atoms with E-state index in [-0.39, 0.29) is 16.9 Å². The van der Waals surface area contributed by atoms with Crippen LogP contribution in [0.5, 0.6) is 5.75 Å². The van der Waals surface area contributed by atoms with E-state index in [1.54, 1.807) is 24.3 Å². The second-order valence-corrected chi connectivity index (χ2v) is 4.96. The second-order valence-electron chi connectivity index (χ2n) is 3.28. The SMILES string of the molecule is O=C1SC(=S)NC1Cc1ccc(O)cc1. The molecule has 78 valence electrons. The van der Waals surface area contributed by atoms with Gasteiger partial charge in [0, 0.05) is 6.42 Å². The predicted molar refractivity (Wildman–Crippen MR) is 63.9 cm³/mol. The van der Waals surface area contributed by atoms with Crippen molar-refractivity contribution < 1.29 is 9.90 Å². The first-order valence-corrected chi connectivity index (χ1v) is 5.68. The minimum atomic E-state index is -0.230. The van der Waals surface area contributed by atoms with E-state index in [0.29, 0.717) is 10.7 Å². The molecular formula is C10H9NO2S2. The summed E-state index contributed by atoms with van der Waals surface area (Å²) in [6.45, 7) is 0. The Labute approximate surface area is 96.9 Å².